The topological polar surface area (TPSA) is 21.3 Å². The average molecular weight is 283 g/mol. The fourth-order valence-electron chi connectivity index (χ4n) is 2.15. The number of rotatable bonds is 8. The van der Waals surface area contributed by atoms with E-state index in [4.69, 9.17) is 4.74 Å². The first-order valence-electron chi connectivity index (χ1n) is 7.77. The predicted molar refractivity (Wildman–Crippen MR) is 90.2 cm³/mol. The molecule has 0 saturated carbocycles. The second-order valence-electron chi connectivity index (χ2n) is 5.57. The lowest BCUT2D eigenvalue weighted by molar-refractivity contribution is 0.308. The average Bonchev–Trinajstić information content (AvgIpc) is 2.52. The fourth-order valence-corrected chi connectivity index (χ4v) is 2.15. The Balaban J connectivity index is 1.59. The second-order valence-corrected chi connectivity index (χ2v) is 5.57. The highest BCUT2D eigenvalue weighted by Gasteiger charge is 1.98. The molecule has 21 heavy (non-hydrogen) atoms. The third-order valence-electron chi connectivity index (χ3n) is 3.49. The second kappa shape index (κ2) is 8.35. The number of anilines is 1. The molecule has 2 aromatic rings. The van der Waals surface area contributed by atoms with Gasteiger partial charge < -0.3 is 10.1 Å². The van der Waals surface area contributed by atoms with Crippen LogP contribution in [0.3, 0.4) is 0 Å². The molecule has 1 N–H and O–H groups in total. The van der Waals surface area contributed by atoms with Gasteiger partial charge in [-0.25, -0.2) is 0 Å². The van der Waals surface area contributed by atoms with Gasteiger partial charge in [0.1, 0.15) is 5.75 Å². The first-order valence-corrected chi connectivity index (χ1v) is 7.77. The van der Waals surface area contributed by atoms with E-state index in [0.29, 0.717) is 5.92 Å². The Morgan fingerprint density at radius 2 is 1.62 bits per heavy atom. The van der Waals surface area contributed by atoms with Crippen molar-refractivity contribution in [3.8, 4) is 5.75 Å². The summed E-state index contributed by atoms with van der Waals surface area (Å²) in [5.74, 6) is 1.55. The van der Waals surface area contributed by atoms with Gasteiger partial charge in [0.2, 0.25) is 0 Å². The maximum atomic E-state index is 5.67. The number of ether oxygens (including phenoxy) is 1. The summed E-state index contributed by atoms with van der Waals surface area (Å²) in [6, 6.07) is 18.7. The van der Waals surface area contributed by atoms with Crippen LogP contribution < -0.4 is 10.1 Å². The Hall–Kier alpha value is -1.96. The Morgan fingerprint density at radius 3 is 2.29 bits per heavy atom. The third kappa shape index (κ3) is 5.50. The first-order chi connectivity index (χ1) is 10.3. The van der Waals surface area contributed by atoms with E-state index in [1.165, 1.54) is 11.3 Å². The van der Waals surface area contributed by atoms with Crippen LogP contribution in [0.15, 0.2) is 54.6 Å². The van der Waals surface area contributed by atoms with E-state index in [1.807, 2.05) is 30.3 Å². The standard InChI is InChI=1S/C19H25NO/c1-16(2)17-10-12-18(13-11-17)20-14-6-7-15-21-19-8-4-3-5-9-19/h3-5,8-13,16,20H,6-7,14-15H2,1-2H3. The van der Waals surface area contributed by atoms with E-state index in [9.17, 15) is 0 Å². The van der Waals surface area contributed by atoms with Crippen molar-refractivity contribution in [1.29, 1.82) is 0 Å². The van der Waals surface area contributed by atoms with Gasteiger partial charge in [-0.2, -0.15) is 0 Å². The predicted octanol–water partition coefficient (Wildman–Crippen LogP) is 5.08. The quantitative estimate of drug-likeness (QED) is 0.682. The Morgan fingerprint density at radius 1 is 0.905 bits per heavy atom. The zero-order valence-electron chi connectivity index (χ0n) is 13.0. The monoisotopic (exact) mass is 283 g/mol. The first kappa shape index (κ1) is 15.4. The molecule has 2 aromatic carbocycles. The van der Waals surface area contributed by atoms with E-state index in [2.05, 4.69) is 43.4 Å². The Labute approximate surface area is 128 Å². The van der Waals surface area contributed by atoms with Gasteiger partial charge in [-0.15, -0.1) is 0 Å². The third-order valence-corrected chi connectivity index (χ3v) is 3.49. The summed E-state index contributed by atoms with van der Waals surface area (Å²) in [5, 5.41) is 3.45. The molecule has 0 fully saturated rings. The normalized spacial score (nSPS) is 10.6. The van der Waals surface area contributed by atoms with Crippen molar-refractivity contribution in [2.75, 3.05) is 18.5 Å². The molecule has 0 aliphatic rings. The van der Waals surface area contributed by atoms with E-state index in [1.54, 1.807) is 0 Å². The summed E-state index contributed by atoms with van der Waals surface area (Å²) in [6.45, 7) is 6.20. The molecule has 0 aliphatic carbocycles. The van der Waals surface area contributed by atoms with Crippen LogP contribution in [0.25, 0.3) is 0 Å². The molecular weight excluding hydrogens is 258 g/mol. The molecule has 0 saturated heterocycles. The molecule has 112 valence electrons. The van der Waals surface area contributed by atoms with Crippen molar-refractivity contribution in [3.05, 3.63) is 60.2 Å². The molecule has 0 aliphatic heterocycles. The van der Waals surface area contributed by atoms with Crippen LogP contribution in [0, 0.1) is 0 Å². The molecule has 0 amide bonds. The van der Waals surface area contributed by atoms with Crippen LogP contribution in [-0.2, 0) is 0 Å². The van der Waals surface area contributed by atoms with E-state index in [0.717, 1.165) is 31.7 Å². The lowest BCUT2D eigenvalue weighted by Crippen LogP contribution is -2.04. The van der Waals surface area contributed by atoms with Gasteiger partial charge in [-0.05, 0) is 48.6 Å². The molecule has 0 unspecified atom stereocenters. The maximum Gasteiger partial charge on any atom is 0.119 e. The number of benzene rings is 2. The molecule has 0 atom stereocenters. The molecule has 0 spiro atoms. The summed E-state index contributed by atoms with van der Waals surface area (Å²) in [6.07, 6.45) is 2.17. The molecule has 0 radical (unpaired) electrons. The van der Waals surface area contributed by atoms with Crippen molar-refractivity contribution in [2.45, 2.75) is 32.6 Å². The van der Waals surface area contributed by atoms with Gasteiger partial charge in [-0.3, -0.25) is 0 Å². The van der Waals surface area contributed by atoms with E-state index >= 15 is 0 Å². The zero-order chi connectivity index (χ0) is 14.9. The summed E-state index contributed by atoms with van der Waals surface area (Å²) >= 11 is 0. The maximum absolute atomic E-state index is 5.67. The molecule has 0 heterocycles. The van der Waals surface area contributed by atoms with Crippen molar-refractivity contribution < 1.29 is 4.74 Å². The lowest BCUT2D eigenvalue weighted by atomic mass is 10.0. The highest BCUT2D eigenvalue weighted by atomic mass is 16.5. The Bertz CT molecular complexity index is 505. The molecule has 2 nitrogen and oxygen atoms in total. The van der Waals surface area contributed by atoms with Gasteiger partial charge >= 0.3 is 0 Å². The van der Waals surface area contributed by atoms with Gasteiger partial charge in [0, 0.05) is 12.2 Å². The van der Waals surface area contributed by atoms with Gasteiger partial charge in [-0.1, -0.05) is 44.2 Å². The summed E-state index contributed by atoms with van der Waals surface area (Å²) in [7, 11) is 0. The lowest BCUT2D eigenvalue weighted by Gasteiger charge is -2.09. The van der Waals surface area contributed by atoms with E-state index in [-0.39, 0.29) is 0 Å². The fraction of sp³-hybridized carbons (Fsp3) is 0.368. The van der Waals surface area contributed by atoms with Crippen molar-refractivity contribution in [3.63, 3.8) is 0 Å². The van der Waals surface area contributed by atoms with Crippen LogP contribution in [0.1, 0.15) is 38.2 Å². The number of nitrogens with one attached hydrogen (secondary N) is 1. The SMILES string of the molecule is CC(C)c1ccc(NCCCCOc2ccccc2)cc1. The van der Waals surface area contributed by atoms with Crippen molar-refractivity contribution >= 4 is 5.69 Å². The van der Waals surface area contributed by atoms with Gasteiger partial charge in [0.25, 0.3) is 0 Å². The largest absolute Gasteiger partial charge is 0.494 e. The number of unbranched alkanes of at least 4 members (excludes halogenated alkanes) is 1. The number of hydrogen-bond donors (Lipinski definition) is 1. The molecule has 2 rings (SSSR count). The molecule has 0 aromatic heterocycles. The van der Waals surface area contributed by atoms with Crippen molar-refractivity contribution in [1.82, 2.24) is 0 Å². The van der Waals surface area contributed by atoms with Crippen LogP contribution in [0.2, 0.25) is 0 Å². The van der Waals surface area contributed by atoms with Gasteiger partial charge in [0.15, 0.2) is 0 Å². The Kier molecular flexibility index (Phi) is 6.14. The minimum Gasteiger partial charge on any atom is -0.494 e. The minimum atomic E-state index is 0.592. The van der Waals surface area contributed by atoms with E-state index < -0.39 is 0 Å². The summed E-state index contributed by atoms with van der Waals surface area (Å²) in [4.78, 5) is 0. The summed E-state index contributed by atoms with van der Waals surface area (Å²) < 4.78 is 5.67. The number of hydrogen-bond acceptors (Lipinski definition) is 2. The highest BCUT2D eigenvalue weighted by molar-refractivity contribution is 5.45. The van der Waals surface area contributed by atoms with Crippen LogP contribution in [-0.4, -0.2) is 13.2 Å². The molecule has 0 bridgehead atoms. The zero-order valence-corrected chi connectivity index (χ0v) is 13.0. The smallest absolute Gasteiger partial charge is 0.119 e. The van der Waals surface area contributed by atoms with Crippen LogP contribution in [0.4, 0.5) is 5.69 Å². The number of para-hydroxylation sites is 1. The van der Waals surface area contributed by atoms with Gasteiger partial charge in [0.05, 0.1) is 6.61 Å². The minimum absolute atomic E-state index is 0.592. The summed E-state index contributed by atoms with van der Waals surface area (Å²) in [5.41, 5.74) is 2.58. The van der Waals surface area contributed by atoms with Crippen LogP contribution in [0.5, 0.6) is 5.75 Å². The molecular formula is C19H25NO. The molecule has 2 heteroatoms. The van der Waals surface area contributed by atoms with Crippen molar-refractivity contribution in [2.24, 2.45) is 0 Å². The highest BCUT2D eigenvalue weighted by Crippen LogP contribution is 2.17. The van der Waals surface area contributed by atoms with Crippen LogP contribution >= 0.6 is 0 Å².